The van der Waals surface area contributed by atoms with Gasteiger partial charge >= 0.3 is 0 Å². The second-order valence-electron chi connectivity index (χ2n) is 6.32. The predicted octanol–water partition coefficient (Wildman–Crippen LogP) is 2.24. The van der Waals surface area contributed by atoms with Crippen molar-refractivity contribution in [1.29, 1.82) is 0 Å². The summed E-state index contributed by atoms with van der Waals surface area (Å²) in [5.74, 6) is 1.79. The van der Waals surface area contributed by atoms with E-state index >= 15 is 0 Å². The normalized spacial score (nSPS) is 17.4. The van der Waals surface area contributed by atoms with Crippen LogP contribution in [0, 0.1) is 0 Å². The number of aryl methyl sites for hydroxylation is 1. The van der Waals surface area contributed by atoms with Crippen molar-refractivity contribution in [2.45, 2.75) is 12.5 Å². The maximum Gasteiger partial charge on any atom is 0.193 e. The van der Waals surface area contributed by atoms with E-state index < -0.39 is 0 Å². The first-order valence-electron chi connectivity index (χ1n) is 8.88. The van der Waals surface area contributed by atoms with Crippen LogP contribution in [0.3, 0.4) is 0 Å². The number of benzene rings is 1. The minimum Gasteiger partial charge on any atom is -0.497 e. The van der Waals surface area contributed by atoms with E-state index in [-0.39, 0.29) is 30.1 Å². The van der Waals surface area contributed by atoms with Gasteiger partial charge in [-0.2, -0.15) is 5.10 Å². The highest BCUT2D eigenvalue weighted by Crippen LogP contribution is 2.21. The minimum atomic E-state index is 0. The average molecular weight is 485 g/mol. The molecule has 1 aromatic carbocycles. The first-order valence-corrected chi connectivity index (χ1v) is 8.88. The van der Waals surface area contributed by atoms with E-state index in [2.05, 4.69) is 32.4 Å². The number of aromatic nitrogens is 2. The number of hydrogen-bond donors (Lipinski definition) is 1. The van der Waals surface area contributed by atoms with Crippen molar-refractivity contribution in [1.82, 2.24) is 20.0 Å². The van der Waals surface area contributed by atoms with Crippen LogP contribution in [0.15, 0.2) is 41.7 Å². The smallest absolute Gasteiger partial charge is 0.193 e. The summed E-state index contributed by atoms with van der Waals surface area (Å²) in [5.41, 5.74) is 2.37. The Morgan fingerprint density at radius 2 is 2.15 bits per heavy atom. The Labute approximate surface area is 177 Å². The van der Waals surface area contributed by atoms with E-state index in [9.17, 15) is 0 Å². The summed E-state index contributed by atoms with van der Waals surface area (Å²) in [6, 6.07) is 8.17. The maximum absolute atomic E-state index is 5.91. The third kappa shape index (κ3) is 5.83. The summed E-state index contributed by atoms with van der Waals surface area (Å²) >= 11 is 0. The van der Waals surface area contributed by atoms with Crippen LogP contribution in [0.1, 0.15) is 17.2 Å². The molecular weight excluding hydrogens is 457 g/mol. The van der Waals surface area contributed by atoms with Crippen molar-refractivity contribution >= 4 is 29.9 Å². The first kappa shape index (κ1) is 21.5. The van der Waals surface area contributed by atoms with Crippen molar-refractivity contribution in [3.63, 3.8) is 0 Å². The van der Waals surface area contributed by atoms with Crippen LogP contribution >= 0.6 is 24.0 Å². The lowest BCUT2D eigenvalue weighted by molar-refractivity contribution is -0.00800. The molecule has 1 aliphatic heterocycles. The van der Waals surface area contributed by atoms with Gasteiger partial charge in [-0.1, -0.05) is 12.1 Å². The van der Waals surface area contributed by atoms with Crippen LogP contribution in [-0.2, 0) is 18.2 Å². The van der Waals surface area contributed by atoms with Gasteiger partial charge in [0.25, 0.3) is 0 Å². The minimum absolute atomic E-state index is 0. The maximum atomic E-state index is 5.91. The van der Waals surface area contributed by atoms with Gasteiger partial charge in [-0.15, -0.1) is 24.0 Å². The lowest BCUT2D eigenvalue weighted by atomic mass is 10.1. The summed E-state index contributed by atoms with van der Waals surface area (Å²) in [6.45, 7) is 3.11. The molecule has 27 heavy (non-hydrogen) atoms. The van der Waals surface area contributed by atoms with Crippen molar-refractivity contribution in [2.75, 3.05) is 40.4 Å². The number of methoxy groups -OCH3 is 1. The third-order valence-corrected chi connectivity index (χ3v) is 4.53. The average Bonchev–Trinajstić information content (AvgIpc) is 3.12. The quantitative estimate of drug-likeness (QED) is 0.400. The standard InChI is InChI=1S/C19H27N5O2.HI/c1-20-19(21-9-8-15-4-6-17(25-3)7-5-15)24-10-11-26-18(14-24)16-12-22-23(2)13-16;/h4-7,12-13,18H,8-11,14H2,1-3H3,(H,20,21);1H. The zero-order valence-electron chi connectivity index (χ0n) is 16.1. The number of aliphatic imine (C=N–C) groups is 1. The van der Waals surface area contributed by atoms with Gasteiger partial charge in [0.2, 0.25) is 0 Å². The number of nitrogens with one attached hydrogen (secondary N) is 1. The summed E-state index contributed by atoms with van der Waals surface area (Å²) in [5, 5.41) is 7.70. The second kappa shape index (κ2) is 10.5. The van der Waals surface area contributed by atoms with E-state index in [0.717, 1.165) is 43.3 Å². The van der Waals surface area contributed by atoms with Gasteiger partial charge in [0.15, 0.2) is 5.96 Å². The lowest BCUT2D eigenvalue weighted by Gasteiger charge is -2.34. The molecule has 1 unspecified atom stereocenters. The highest BCUT2D eigenvalue weighted by atomic mass is 127. The molecule has 0 spiro atoms. The Morgan fingerprint density at radius 3 is 2.78 bits per heavy atom. The van der Waals surface area contributed by atoms with Gasteiger partial charge in [-0.25, -0.2) is 0 Å². The Kier molecular flexibility index (Phi) is 8.36. The Balaban J connectivity index is 0.00000261. The first-order chi connectivity index (χ1) is 12.7. The third-order valence-electron chi connectivity index (χ3n) is 4.53. The topological polar surface area (TPSA) is 63.9 Å². The molecule has 1 fully saturated rings. The summed E-state index contributed by atoms with van der Waals surface area (Å²) in [6.07, 6.45) is 4.83. The number of nitrogens with zero attached hydrogens (tertiary/aromatic N) is 4. The number of halogens is 1. The van der Waals surface area contributed by atoms with Crippen LogP contribution in [0.4, 0.5) is 0 Å². The van der Waals surface area contributed by atoms with Gasteiger partial charge in [-0.05, 0) is 24.1 Å². The molecule has 2 aromatic rings. The van der Waals surface area contributed by atoms with Crippen molar-refractivity contribution in [3.05, 3.63) is 47.8 Å². The van der Waals surface area contributed by atoms with Crippen molar-refractivity contribution in [2.24, 2.45) is 12.0 Å². The van der Waals surface area contributed by atoms with Gasteiger partial charge in [0.1, 0.15) is 11.9 Å². The molecule has 148 valence electrons. The molecule has 0 amide bonds. The molecule has 1 saturated heterocycles. The van der Waals surface area contributed by atoms with Gasteiger partial charge in [-0.3, -0.25) is 9.67 Å². The lowest BCUT2D eigenvalue weighted by Crippen LogP contribution is -2.48. The number of guanidine groups is 1. The van der Waals surface area contributed by atoms with Gasteiger partial charge < -0.3 is 19.7 Å². The number of rotatable bonds is 5. The molecule has 1 N–H and O–H groups in total. The number of morpholine rings is 1. The van der Waals surface area contributed by atoms with Crippen LogP contribution in [0.25, 0.3) is 0 Å². The molecule has 1 aliphatic rings. The molecule has 2 heterocycles. The highest BCUT2D eigenvalue weighted by Gasteiger charge is 2.24. The molecule has 0 radical (unpaired) electrons. The van der Waals surface area contributed by atoms with E-state index in [0.29, 0.717) is 6.61 Å². The molecule has 3 rings (SSSR count). The zero-order chi connectivity index (χ0) is 18.4. The Bertz CT molecular complexity index is 732. The SMILES string of the molecule is CN=C(NCCc1ccc(OC)cc1)N1CCOC(c2cnn(C)c2)C1.I. The van der Waals surface area contributed by atoms with Crippen LogP contribution in [-0.4, -0.2) is 61.0 Å². The predicted molar refractivity (Wildman–Crippen MR) is 117 cm³/mol. The number of ether oxygens (including phenoxy) is 2. The largest absolute Gasteiger partial charge is 0.497 e. The monoisotopic (exact) mass is 485 g/mol. The molecule has 0 aliphatic carbocycles. The molecule has 8 heteroatoms. The summed E-state index contributed by atoms with van der Waals surface area (Å²) < 4.78 is 12.9. The molecule has 0 saturated carbocycles. The van der Waals surface area contributed by atoms with Gasteiger partial charge in [0.05, 0.1) is 26.5 Å². The van der Waals surface area contributed by atoms with E-state index in [1.54, 1.807) is 11.8 Å². The van der Waals surface area contributed by atoms with Crippen LogP contribution in [0.2, 0.25) is 0 Å². The molecule has 1 aromatic heterocycles. The fraction of sp³-hybridized carbons (Fsp3) is 0.474. The Hall–Kier alpha value is -1.81. The van der Waals surface area contributed by atoms with Crippen LogP contribution < -0.4 is 10.1 Å². The van der Waals surface area contributed by atoms with E-state index in [1.165, 1.54) is 5.56 Å². The van der Waals surface area contributed by atoms with E-state index in [1.807, 2.05) is 38.6 Å². The van der Waals surface area contributed by atoms with Crippen molar-refractivity contribution in [3.8, 4) is 5.75 Å². The zero-order valence-corrected chi connectivity index (χ0v) is 18.4. The van der Waals surface area contributed by atoms with Gasteiger partial charge in [0, 0.05) is 38.9 Å². The van der Waals surface area contributed by atoms with E-state index in [4.69, 9.17) is 9.47 Å². The molecular formula is C19H28IN5O2. The van der Waals surface area contributed by atoms with Crippen LogP contribution in [0.5, 0.6) is 5.75 Å². The Morgan fingerprint density at radius 1 is 1.37 bits per heavy atom. The molecule has 0 bridgehead atoms. The summed E-state index contributed by atoms with van der Waals surface area (Å²) in [7, 11) is 5.43. The fourth-order valence-electron chi connectivity index (χ4n) is 3.09. The van der Waals surface area contributed by atoms with Crippen molar-refractivity contribution < 1.29 is 9.47 Å². The highest BCUT2D eigenvalue weighted by molar-refractivity contribution is 14.0. The molecule has 7 nitrogen and oxygen atoms in total. The second-order valence-corrected chi connectivity index (χ2v) is 6.32. The fourth-order valence-corrected chi connectivity index (χ4v) is 3.09. The molecule has 1 atom stereocenters. The summed E-state index contributed by atoms with van der Waals surface area (Å²) in [4.78, 5) is 6.68. The number of hydrogen-bond acceptors (Lipinski definition) is 4.